The zero-order valence-electron chi connectivity index (χ0n) is 11.7. The van der Waals surface area contributed by atoms with Crippen molar-refractivity contribution in [3.63, 3.8) is 0 Å². The Bertz CT molecular complexity index is 561. The molecule has 0 fully saturated rings. The first-order valence-electron chi connectivity index (χ1n) is 6.69. The van der Waals surface area contributed by atoms with Crippen LogP contribution >= 0.6 is 11.6 Å². The Labute approximate surface area is 119 Å². The summed E-state index contributed by atoms with van der Waals surface area (Å²) in [7, 11) is 0. The predicted octanol–water partition coefficient (Wildman–Crippen LogP) is 3.64. The van der Waals surface area contributed by atoms with Gasteiger partial charge in [-0.15, -0.1) is 0 Å². The maximum atomic E-state index is 6.34. The van der Waals surface area contributed by atoms with Crippen molar-refractivity contribution in [2.75, 3.05) is 6.54 Å². The third-order valence-corrected chi connectivity index (χ3v) is 3.68. The maximum absolute atomic E-state index is 6.34. The van der Waals surface area contributed by atoms with Crippen molar-refractivity contribution in [1.82, 2.24) is 15.1 Å². The molecular formula is C15H20ClN3. The molecule has 1 aromatic carbocycles. The minimum atomic E-state index is 0.807. The summed E-state index contributed by atoms with van der Waals surface area (Å²) in [4.78, 5) is 0. The molecule has 0 saturated carbocycles. The molecule has 0 spiro atoms. The van der Waals surface area contributed by atoms with Gasteiger partial charge in [0.15, 0.2) is 0 Å². The molecule has 19 heavy (non-hydrogen) atoms. The van der Waals surface area contributed by atoms with Crippen molar-refractivity contribution in [2.45, 2.75) is 33.9 Å². The second kappa shape index (κ2) is 6.22. The second-order valence-electron chi connectivity index (χ2n) is 4.55. The van der Waals surface area contributed by atoms with E-state index >= 15 is 0 Å². The van der Waals surface area contributed by atoms with Gasteiger partial charge in [-0.25, -0.2) is 0 Å². The minimum absolute atomic E-state index is 0.807. The van der Waals surface area contributed by atoms with Crippen LogP contribution in [0, 0.1) is 6.92 Å². The van der Waals surface area contributed by atoms with Crippen molar-refractivity contribution < 1.29 is 0 Å². The van der Waals surface area contributed by atoms with Gasteiger partial charge in [0.05, 0.1) is 6.20 Å². The van der Waals surface area contributed by atoms with Crippen LogP contribution in [0.3, 0.4) is 0 Å². The second-order valence-corrected chi connectivity index (χ2v) is 4.95. The molecule has 1 aromatic heterocycles. The third kappa shape index (κ3) is 2.99. The molecule has 1 N–H and O–H groups in total. The molecule has 0 aliphatic carbocycles. The van der Waals surface area contributed by atoms with E-state index in [9.17, 15) is 0 Å². The fraction of sp³-hybridized carbons (Fsp3) is 0.400. The average Bonchev–Trinajstić information content (AvgIpc) is 2.78. The molecule has 3 nitrogen and oxygen atoms in total. The van der Waals surface area contributed by atoms with Gasteiger partial charge in [0.2, 0.25) is 0 Å². The van der Waals surface area contributed by atoms with Crippen molar-refractivity contribution in [3.8, 4) is 11.1 Å². The molecule has 0 amide bonds. The van der Waals surface area contributed by atoms with E-state index in [0.717, 1.165) is 41.3 Å². The number of aromatic nitrogens is 2. The smallest absolute Gasteiger partial charge is 0.0571 e. The quantitative estimate of drug-likeness (QED) is 0.904. The Morgan fingerprint density at radius 1 is 1.32 bits per heavy atom. The van der Waals surface area contributed by atoms with Crippen LogP contribution in [0.15, 0.2) is 24.4 Å². The maximum Gasteiger partial charge on any atom is 0.0571 e. The number of halogens is 1. The summed E-state index contributed by atoms with van der Waals surface area (Å²) in [5.41, 5.74) is 4.59. The van der Waals surface area contributed by atoms with E-state index in [-0.39, 0.29) is 0 Å². The first kappa shape index (κ1) is 14.1. The van der Waals surface area contributed by atoms with E-state index in [1.807, 2.05) is 16.9 Å². The zero-order chi connectivity index (χ0) is 13.8. The fourth-order valence-electron chi connectivity index (χ4n) is 2.17. The monoisotopic (exact) mass is 277 g/mol. The van der Waals surface area contributed by atoms with Crippen LogP contribution in [0.2, 0.25) is 5.02 Å². The fourth-order valence-corrected chi connectivity index (χ4v) is 2.41. The molecule has 102 valence electrons. The van der Waals surface area contributed by atoms with Gasteiger partial charge < -0.3 is 5.32 Å². The van der Waals surface area contributed by atoms with Crippen LogP contribution in [0.25, 0.3) is 11.1 Å². The number of nitrogens with zero attached hydrogens (tertiary/aromatic N) is 2. The Morgan fingerprint density at radius 2 is 2.11 bits per heavy atom. The zero-order valence-corrected chi connectivity index (χ0v) is 12.5. The third-order valence-electron chi connectivity index (χ3n) is 3.33. The van der Waals surface area contributed by atoms with Gasteiger partial charge in [0.1, 0.15) is 0 Å². The lowest BCUT2D eigenvalue weighted by molar-refractivity contribution is 0.640. The van der Waals surface area contributed by atoms with Crippen molar-refractivity contribution in [1.29, 1.82) is 0 Å². The van der Waals surface area contributed by atoms with Crippen molar-refractivity contribution in [3.05, 3.63) is 40.7 Å². The van der Waals surface area contributed by atoms with Gasteiger partial charge in [-0.3, -0.25) is 4.68 Å². The number of nitrogens with one attached hydrogen (secondary N) is 1. The summed E-state index contributed by atoms with van der Waals surface area (Å²) >= 11 is 6.34. The molecule has 0 atom stereocenters. The summed E-state index contributed by atoms with van der Waals surface area (Å²) < 4.78 is 2.00. The van der Waals surface area contributed by atoms with E-state index in [1.165, 1.54) is 5.69 Å². The lowest BCUT2D eigenvalue weighted by atomic mass is 10.0. The van der Waals surface area contributed by atoms with Crippen LogP contribution in [0.1, 0.15) is 25.1 Å². The standard InChI is InChI=1S/C15H20ClN3/c1-4-17-9-13-7-6-12(8-15(13)16)14-10-18-19(5-2)11(14)3/h6-8,10,17H,4-5,9H2,1-3H3. The Kier molecular flexibility index (Phi) is 4.61. The Hall–Kier alpha value is -1.32. The highest BCUT2D eigenvalue weighted by atomic mass is 35.5. The number of aryl methyl sites for hydroxylation is 1. The van der Waals surface area contributed by atoms with E-state index < -0.39 is 0 Å². The predicted molar refractivity (Wildman–Crippen MR) is 80.5 cm³/mol. The molecule has 0 unspecified atom stereocenters. The highest BCUT2D eigenvalue weighted by molar-refractivity contribution is 6.31. The van der Waals surface area contributed by atoms with Crippen molar-refractivity contribution >= 4 is 11.6 Å². The minimum Gasteiger partial charge on any atom is -0.313 e. The van der Waals surface area contributed by atoms with E-state index in [1.54, 1.807) is 0 Å². The molecule has 2 aromatic rings. The van der Waals surface area contributed by atoms with E-state index in [2.05, 4.69) is 43.3 Å². The summed E-state index contributed by atoms with van der Waals surface area (Å²) in [6, 6.07) is 6.23. The molecule has 4 heteroatoms. The highest BCUT2D eigenvalue weighted by Gasteiger charge is 2.09. The summed E-state index contributed by atoms with van der Waals surface area (Å²) in [6.45, 7) is 8.91. The van der Waals surface area contributed by atoms with Gasteiger partial charge in [-0.2, -0.15) is 5.10 Å². The number of hydrogen-bond acceptors (Lipinski definition) is 2. The van der Waals surface area contributed by atoms with Crippen LogP contribution in [-0.4, -0.2) is 16.3 Å². The molecule has 0 radical (unpaired) electrons. The molecule has 1 heterocycles. The van der Waals surface area contributed by atoms with Gasteiger partial charge in [-0.05, 0) is 37.6 Å². The van der Waals surface area contributed by atoms with Gasteiger partial charge in [0.25, 0.3) is 0 Å². The summed E-state index contributed by atoms with van der Waals surface area (Å²) in [6.07, 6.45) is 1.91. The van der Waals surface area contributed by atoms with Gasteiger partial charge in [0, 0.05) is 29.4 Å². The molecule has 0 saturated heterocycles. The van der Waals surface area contributed by atoms with E-state index in [0.29, 0.717) is 0 Å². The largest absolute Gasteiger partial charge is 0.313 e. The Morgan fingerprint density at radius 3 is 2.68 bits per heavy atom. The Balaban J connectivity index is 2.30. The number of benzene rings is 1. The van der Waals surface area contributed by atoms with Crippen LogP contribution < -0.4 is 5.32 Å². The first-order valence-corrected chi connectivity index (χ1v) is 7.07. The average molecular weight is 278 g/mol. The molecule has 0 aliphatic rings. The number of hydrogen-bond donors (Lipinski definition) is 1. The lowest BCUT2D eigenvalue weighted by Gasteiger charge is -2.08. The number of rotatable bonds is 5. The topological polar surface area (TPSA) is 29.9 Å². The molecular weight excluding hydrogens is 258 g/mol. The van der Waals surface area contributed by atoms with Gasteiger partial charge in [-0.1, -0.05) is 30.7 Å². The van der Waals surface area contributed by atoms with Crippen LogP contribution in [0.4, 0.5) is 0 Å². The summed E-state index contributed by atoms with van der Waals surface area (Å²) in [5, 5.41) is 8.47. The first-order chi connectivity index (χ1) is 9.17. The summed E-state index contributed by atoms with van der Waals surface area (Å²) in [5.74, 6) is 0. The lowest BCUT2D eigenvalue weighted by Crippen LogP contribution is -2.11. The van der Waals surface area contributed by atoms with Gasteiger partial charge >= 0.3 is 0 Å². The normalized spacial score (nSPS) is 10.9. The molecule has 2 rings (SSSR count). The highest BCUT2D eigenvalue weighted by Crippen LogP contribution is 2.27. The molecule has 0 bridgehead atoms. The SMILES string of the molecule is CCNCc1ccc(-c2cnn(CC)c2C)cc1Cl. The molecule has 0 aliphatic heterocycles. The van der Waals surface area contributed by atoms with Crippen molar-refractivity contribution in [2.24, 2.45) is 0 Å². The van der Waals surface area contributed by atoms with Crippen LogP contribution in [-0.2, 0) is 13.1 Å². The van der Waals surface area contributed by atoms with Crippen LogP contribution in [0.5, 0.6) is 0 Å². The van der Waals surface area contributed by atoms with E-state index in [4.69, 9.17) is 11.6 Å².